The van der Waals surface area contributed by atoms with Gasteiger partial charge in [-0.2, -0.15) is 0 Å². The summed E-state index contributed by atoms with van der Waals surface area (Å²) in [5.41, 5.74) is 1.70. The number of ether oxygens (including phenoxy) is 1. The molecule has 1 aliphatic rings. The van der Waals surface area contributed by atoms with E-state index < -0.39 is 28.9 Å². The summed E-state index contributed by atoms with van der Waals surface area (Å²) in [6.45, 7) is 5.79. The van der Waals surface area contributed by atoms with E-state index >= 15 is 0 Å². The van der Waals surface area contributed by atoms with Gasteiger partial charge in [-0.05, 0) is 25.1 Å². The van der Waals surface area contributed by atoms with Crippen molar-refractivity contribution >= 4 is 28.6 Å². The fraction of sp³-hybridized carbons (Fsp3) is 0.273. The lowest BCUT2D eigenvalue weighted by Crippen LogP contribution is -2.37. The Bertz CT molecular complexity index is 1230. The topological polar surface area (TPSA) is 88.2 Å². The van der Waals surface area contributed by atoms with E-state index in [1.165, 1.54) is 23.4 Å². The highest BCUT2D eigenvalue weighted by Crippen LogP contribution is 2.39. The highest BCUT2D eigenvalue weighted by Gasteiger charge is 2.38. The molecular weight excluding hydrogens is 406 g/mol. The van der Waals surface area contributed by atoms with Gasteiger partial charge in [0.05, 0.1) is 17.9 Å². The van der Waals surface area contributed by atoms with Crippen LogP contribution in [0.1, 0.15) is 42.4 Å². The number of aromatic amines is 1. The Morgan fingerprint density at radius 1 is 1.19 bits per heavy atom. The maximum atomic E-state index is 13.7. The molecule has 0 spiro atoms. The lowest BCUT2D eigenvalue weighted by atomic mass is 9.83. The number of carbonyl (C=O) groups excluding carboxylic acids is 2. The van der Waals surface area contributed by atoms with Gasteiger partial charge in [0, 0.05) is 41.7 Å². The number of carbonyl (C=O) groups is 2. The zero-order valence-corrected chi connectivity index (χ0v) is 17.2. The largest absolute Gasteiger partial charge is 0.462 e. The van der Waals surface area contributed by atoms with Crippen LogP contribution < -0.4 is 0 Å². The molecule has 0 radical (unpaired) electrons. The fourth-order valence-corrected chi connectivity index (χ4v) is 3.83. The molecule has 3 heterocycles. The summed E-state index contributed by atoms with van der Waals surface area (Å²) >= 11 is 0. The Labute approximate surface area is 176 Å². The van der Waals surface area contributed by atoms with E-state index in [1.54, 1.807) is 13.1 Å². The molecule has 0 bridgehead atoms. The van der Waals surface area contributed by atoms with Gasteiger partial charge in [0.2, 0.25) is 0 Å². The van der Waals surface area contributed by atoms with Crippen LogP contribution in [0, 0.1) is 11.6 Å². The molecule has 31 heavy (non-hydrogen) atoms. The van der Waals surface area contributed by atoms with Crippen LogP contribution in [0.3, 0.4) is 0 Å². The first-order chi connectivity index (χ1) is 14.7. The number of hydrogen-bond acceptors (Lipinski definition) is 5. The van der Waals surface area contributed by atoms with Gasteiger partial charge in [-0.25, -0.2) is 18.6 Å². The lowest BCUT2D eigenvalue weighted by molar-refractivity contribution is -0.136. The van der Waals surface area contributed by atoms with Crippen molar-refractivity contribution in [3.05, 3.63) is 65.2 Å². The van der Waals surface area contributed by atoms with Crippen LogP contribution in [0.2, 0.25) is 0 Å². The Hall–Kier alpha value is -3.62. The minimum atomic E-state index is -1.12. The van der Waals surface area contributed by atoms with Crippen molar-refractivity contribution in [2.24, 2.45) is 0 Å². The van der Waals surface area contributed by atoms with E-state index in [4.69, 9.17) is 4.74 Å². The molecule has 0 fully saturated rings. The number of rotatable bonds is 3. The third-order valence-electron chi connectivity index (χ3n) is 5.15. The highest BCUT2D eigenvalue weighted by molar-refractivity contribution is 6.18. The third-order valence-corrected chi connectivity index (χ3v) is 5.15. The van der Waals surface area contributed by atoms with Crippen LogP contribution in [-0.2, 0) is 14.9 Å². The lowest BCUT2D eigenvalue weighted by Gasteiger charge is -2.29. The molecule has 1 aromatic carbocycles. The Kier molecular flexibility index (Phi) is 5.04. The van der Waals surface area contributed by atoms with E-state index in [9.17, 15) is 18.4 Å². The van der Waals surface area contributed by atoms with Crippen LogP contribution in [0.15, 0.2) is 36.8 Å². The summed E-state index contributed by atoms with van der Waals surface area (Å²) in [4.78, 5) is 39.1. The maximum absolute atomic E-state index is 13.7. The van der Waals surface area contributed by atoms with E-state index in [0.717, 1.165) is 17.7 Å². The van der Waals surface area contributed by atoms with Crippen molar-refractivity contribution in [3.63, 3.8) is 0 Å². The summed E-state index contributed by atoms with van der Waals surface area (Å²) in [5.74, 6) is -3.37. The maximum Gasteiger partial charge on any atom is 0.341 e. The molecule has 2 aromatic heterocycles. The highest BCUT2D eigenvalue weighted by atomic mass is 19.2. The van der Waals surface area contributed by atoms with Crippen molar-refractivity contribution in [2.75, 3.05) is 13.2 Å². The first kappa shape index (κ1) is 20.6. The monoisotopic (exact) mass is 426 g/mol. The summed E-state index contributed by atoms with van der Waals surface area (Å²) < 4.78 is 32.3. The SMILES string of the molecule is CCOC(=O)C1=CN(C(=O)c2ccc(F)c(F)c2)CC(C)(C)c2c1[nH]c1nccnc21. The molecule has 1 aliphatic heterocycles. The minimum absolute atomic E-state index is 0.0376. The van der Waals surface area contributed by atoms with Crippen LogP contribution in [0.5, 0.6) is 0 Å². The van der Waals surface area contributed by atoms with Crippen molar-refractivity contribution < 1.29 is 23.1 Å². The van der Waals surface area contributed by atoms with Gasteiger partial charge in [-0.15, -0.1) is 0 Å². The van der Waals surface area contributed by atoms with Gasteiger partial charge in [0.15, 0.2) is 17.3 Å². The standard InChI is InChI=1S/C22H20F2N4O3/c1-4-31-21(30)13-10-28(20(29)12-5-6-14(23)15(24)9-12)11-22(2,3)16-17(13)27-19-18(16)25-7-8-26-19/h5-10H,4,11H2,1-3H3,(H,26,27). The number of nitrogens with zero attached hydrogens (tertiary/aromatic N) is 3. The van der Waals surface area contributed by atoms with Crippen molar-refractivity contribution in [2.45, 2.75) is 26.2 Å². The Morgan fingerprint density at radius 3 is 2.65 bits per heavy atom. The van der Waals surface area contributed by atoms with Gasteiger partial charge in [-0.1, -0.05) is 13.8 Å². The number of esters is 1. The van der Waals surface area contributed by atoms with E-state index in [-0.39, 0.29) is 24.3 Å². The summed E-state index contributed by atoms with van der Waals surface area (Å²) in [6.07, 6.45) is 4.47. The molecular formula is C22H20F2N4O3. The smallest absolute Gasteiger partial charge is 0.341 e. The molecule has 1 N–H and O–H groups in total. The first-order valence-electron chi connectivity index (χ1n) is 9.71. The van der Waals surface area contributed by atoms with Gasteiger partial charge >= 0.3 is 5.97 Å². The van der Waals surface area contributed by atoms with Crippen molar-refractivity contribution in [1.82, 2.24) is 19.9 Å². The molecule has 0 saturated heterocycles. The fourth-order valence-electron chi connectivity index (χ4n) is 3.83. The normalized spacial score (nSPS) is 15.3. The van der Waals surface area contributed by atoms with E-state index in [1.807, 2.05) is 13.8 Å². The molecule has 4 rings (SSSR count). The van der Waals surface area contributed by atoms with Gasteiger partial charge < -0.3 is 14.6 Å². The predicted molar refractivity (Wildman–Crippen MR) is 109 cm³/mol. The molecule has 0 aliphatic carbocycles. The van der Waals surface area contributed by atoms with Crippen LogP contribution >= 0.6 is 0 Å². The number of halogens is 2. The number of H-pyrrole nitrogens is 1. The molecule has 160 valence electrons. The number of amides is 1. The second-order valence-electron chi connectivity index (χ2n) is 7.84. The number of benzene rings is 1. The van der Waals surface area contributed by atoms with Gasteiger partial charge in [0.25, 0.3) is 5.91 Å². The van der Waals surface area contributed by atoms with Crippen LogP contribution in [0.4, 0.5) is 8.78 Å². The quantitative estimate of drug-likeness (QED) is 0.647. The minimum Gasteiger partial charge on any atom is -0.462 e. The Balaban J connectivity index is 1.89. The summed E-state index contributed by atoms with van der Waals surface area (Å²) in [7, 11) is 0. The van der Waals surface area contributed by atoms with Crippen molar-refractivity contribution in [3.8, 4) is 0 Å². The van der Waals surface area contributed by atoms with E-state index in [0.29, 0.717) is 16.9 Å². The zero-order chi connectivity index (χ0) is 22.3. The van der Waals surface area contributed by atoms with Gasteiger partial charge in [0.1, 0.15) is 5.52 Å². The molecule has 0 saturated carbocycles. The molecule has 3 aromatic rings. The third kappa shape index (κ3) is 3.56. The van der Waals surface area contributed by atoms with Crippen LogP contribution in [0.25, 0.3) is 16.7 Å². The molecule has 0 atom stereocenters. The average Bonchev–Trinajstić information content (AvgIpc) is 3.07. The molecule has 0 unspecified atom stereocenters. The molecule has 1 amide bonds. The Morgan fingerprint density at radius 2 is 1.94 bits per heavy atom. The second kappa shape index (κ2) is 7.57. The second-order valence-corrected chi connectivity index (χ2v) is 7.84. The first-order valence-corrected chi connectivity index (χ1v) is 9.71. The predicted octanol–water partition coefficient (Wildman–Crippen LogP) is 3.57. The number of aromatic nitrogens is 3. The molecule has 9 heteroatoms. The summed E-state index contributed by atoms with van der Waals surface area (Å²) in [5, 5.41) is 0. The zero-order valence-electron chi connectivity index (χ0n) is 17.2. The van der Waals surface area contributed by atoms with Crippen molar-refractivity contribution in [1.29, 1.82) is 0 Å². The molecule has 7 nitrogen and oxygen atoms in total. The van der Waals surface area contributed by atoms with E-state index in [2.05, 4.69) is 15.0 Å². The number of nitrogens with one attached hydrogen (secondary N) is 1. The number of fused-ring (bicyclic) bond motifs is 3. The number of hydrogen-bond donors (Lipinski definition) is 1. The van der Waals surface area contributed by atoms with Gasteiger partial charge in [-0.3, -0.25) is 9.78 Å². The summed E-state index contributed by atoms with van der Waals surface area (Å²) in [6, 6.07) is 2.94. The average molecular weight is 426 g/mol. The van der Waals surface area contributed by atoms with Crippen LogP contribution in [-0.4, -0.2) is 44.9 Å².